The van der Waals surface area contributed by atoms with Crippen molar-refractivity contribution in [3.63, 3.8) is 0 Å². The molecule has 23 heavy (non-hydrogen) atoms. The van der Waals surface area contributed by atoms with Crippen molar-refractivity contribution in [1.29, 1.82) is 0 Å². The zero-order valence-electron chi connectivity index (χ0n) is 13.0. The molecule has 1 aliphatic carbocycles. The van der Waals surface area contributed by atoms with Gasteiger partial charge < -0.3 is 10.6 Å². The third-order valence-electron chi connectivity index (χ3n) is 3.64. The molecule has 0 radical (unpaired) electrons. The summed E-state index contributed by atoms with van der Waals surface area (Å²) >= 11 is 0. The third kappa shape index (κ3) is 4.25. The number of rotatable bonds is 6. The number of carbonyl (C=O) groups excluding carboxylic acids is 1. The molecular formula is C17H19FN4O. The van der Waals surface area contributed by atoms with E-state index in [-0.39, 0.29) is 17.8 Å². The average molecular weight is 314 g/mol. The predicted octanol–water partition coefficient (Wildman–Crippen LogP) is 2.47. The molecule has 0 atom stereocenters. The molecule has 1 aliphatic rings. The first-order valence-electron chi connectivity index (χ1n) is 7.75. The molecule has 2 N–H and O–H groups in total. The Balaban J connectivity index is 1.62. The molecule has 1 heterocycles. The number of nitrogens with zero attached hydrogens (tertiary/aromatic N) is 2. The van der Waals surface area contributed by atoms with E-state index in [4.69, 9.17) is 0 Å². The number of halogens is 1. The van der Waals surface area contributed by atoms with Crippen molar-refractivity contribution in [2.45, 2.75) is 32.2 Å². The van der Waals surface area contributed by atoms with Crippen molar-refractivity contribution in [3.8, 4) is 0 Å². The number of aromatic nitrogens is 2. The molecule has 0 bridgehead atoms. The third-order valence-corrected chi connectivity index (χ3v) is 3.64. The fourth-order valence-corrected chi connectivity index (χ4v) is 2.29. The molecule has 0 spiro atoms. The van der Waals surface area contributed by atoms with Crippen LogP contribution in [0.25, 0.3) is 0 Å². The second kappa shape index (κ2) is 6.73. The van der Waals surface area contributed by atoms with Crippen LogP contribution in [-0.2, 0) is 6.42 Å². The quantitative estimate of drug-likeness (QED) is 0.859. The van der Waals surface area contributed by atoms with Gasteiger partial charge in [-0.25, -0.2) is 14.4 Å². The Kier molecular flexibility index (Phi) is 4.50. The first-order chi connectivity index (χ1) is 11.1. The Hall–Kier alpha value is -2.50. The van der Waals surface area contributed by atoms with E-state index in [1.165, 1.54) is 6.07 Å². The minimum atomic E-state index is -0.210. The molecule has 1 fully saturated rings. The van der Waals surface area contributed by atoms with Crippen molar-refractivity contribution in [2.75, 3.05) is 11.9 Å². The van der Waals surface area contributed by atoms with Gasteiger partial charge in [0.1, 0.15) is 23.2 Å². The number of carbonyl (C=O) groups is 1. The highest BCUT2D eigenvalue weighted by atomic mass is 19.1. The number of amides is 1. The van der Waals surface area contributed by atoms with E-state index in [9.17, 15) is 9.18 Å². The normalized spacial score (nSPS) is 13.7. The second-order valence-electron chi connectivity index (χ2n) is 5.70. The van der Waals surface area contributed by atoms with Gasteiger partial charge in [0, 0.05) is 18.7 Å². The van der Waals surface area contributed by atoms with Gasteiger partial charge in [0.15, 0.2) is 0 Å². The van der Waals surface area contributed by atoms with Crippen molar-refractivity contribution < 1.29 is 9.18 Å². The fraction of sp³-hybridized carbons (Fsp3) is 0.353. The van der Waals surface area contributed by atoms with Crippen LogP contribution in [0.3, 0.4) is 0 Å². The molecule has 3 rings (SSSR count). The highest BCUT2D eigenvalue weighted by Gasteiger charge is 2.24. The largest absolute Gasteiger partial charge is 0.370 e. The summed E-state index contributed by atoms with van der Waals surface area (Å²) in [7, 11) is 0. The lowest BCUT2D eigenvalue weighted by Crippen LogP contribution is -2.26. The van der Waals surface area contributed by atoms with E-state index in [0.29, 0.717) is 35.9 Å². The number of aryl methyl sites for hydroxylation is 1. The van der Waals surface area contributed by atoms with E-state index in [1.807, 2.05) is 6.07 Å². The van der Waals surface area contributed by atoms with Gasteiger partial charge in [0.2, 0.25) is 0 Å². The van der Waals surface area contributed by atoms with Gasteiger partial charge in [-0.1, -0.05) is 18.2 Å². The molecule has 0 aliphatic heterocycles. The van der Waals surface area contributed by atoms with E-state index in [1.54, 1.807) is 25.1 Å². The van der Waals surface area contributed by atoms with Crippen LogP contribution in [0.4, 0.5) is 10.2 Å². The standard InChI is InChI=1S/C17H19FN4O/c1-11-20-15(17(23)22-13-6-7-13)10-16(21-11)19-9-8-12-4-2-3-5-14(12)18/h2-5,10,13H,6-9H2,1H3,(H,22,23)(H,19,20,21). The average Bonchev–Trinajstić information content (AvgIpc) is 3.32. The number of hydrogen-bond acceptors (Lipinski definition) is 4. The van der Waals surface area contributed by atoms with Crippen LogP contribution < -0.4 is 10.6 Å². The molecule has 2 aromatic rings. The van der Waals surface area contributed by atoms with Gasteiger partial charge in [-0.2, -0.15) is 0 Å². The molecule has 0 unspecified atom stereocenters. The monoisotopic (exact) mass is 314 g/mol. The summed E-state index contributed by atoms with van der Waals surface area (Å²) in [5.74, 6) is 0.726. The summed E-state index contributed by atoms with van der Waals surface area (Å²) in [6, 6.07) is 8.61. The van der Waals surface area contributed by atoms with Crippen molar-refractivity contribution >= 4 is 11.7 Å². The Morgan fingerprint density at radius 2 is 2.09 bits per heavy atom. The molecule has 120 valence electrons. The first-order valence-corrected chi connectivity index (χ1v) is 7.75. The maximum atomic E-state index is 13.6. The van der Waals surface area contributed by atoms with Crippen molar-refractivity contribution in [3.05, 3.63) is 53.2 Å². The predicted molar refractivity (Wildman–Crippen MR) is 85.9 cm³/mol. The Bertz CT molecular complexity index is 715. The smallest absolute Gasteiger partial charge is 0.270 e. The summed E-state index contributed by atoms with van der Waals surface area (Å²) in [5.41, 5.74) is 1.01. The van der Waals surface area contributed by atoms with Crippen LogP contribution in [0.2, 0.25) is 0 Å². The van der Waals surface area contributed by atoms with Crippen molar-refractivity contribution in [1.82, 2.24) is 15.3 Å². The molecule has 0 saturated heterocycles. The number of benzene rings is 1. The lowest BCUT2D eigenvalue weighted by molar-refractivity contribution is 0.0945. The molecule has 1 aromatic heterocycles. The number of nitrogens with one attached hydrogen (secondary N) is 2. The number of hydrogen-bond donors (Lipinski definition) is 2. The highest BCUT2D eigenvalue weighted by molar-refractivity contribution is 5.93. The maximum Gasteiger partial charge on any atom is 0.270 e. The maximum absolute atomic E-state index is 13.6. The second-order valence-corrected chi connectivity index (χ2v) is 5.70. The molecule has 1 amide bonds. The lowest BCUT2D eigenvalue weighted by Gasteiger charge is -2.09. The van der Waals surface area contributed by atoms with Crippen LogP contribution in [0, 0.1) is 12.7 Å². The Morgan fingerprint density at radius 3 is 2.83 bits per heavy atom. The van der Waals surface area contributed by atoms with Crippen LogP contribution in [0.5, 0.6) is 0 Å². The zero-order valence-corrected chi connectivity index (χ0v) is 13.0. The van der Waals surface area contributed by atoms with E-state index >= 15 is 0 Å². The summed E-state index contributed by atoms with van der Waals surface area (Å²) in [4.78, 5) is 20.5. The van der Waals surface area contributed by atoms with Gasteiger partial charge in [-0.3, -0.25) is 4.79 Å². The minimum absolute atomic E-state index is 0.171. The molecule has 1 saturated carbocycles. The van der Waals surface area contributed by atoms with Gasteiger partial charge in [-0.15, -0.1) is 0 Å². The Morgan fingerprint density at radius 1 is 1.30 bits per heavy atom. The van der Waals surface area contributed by atoms with Gasteiger partial charge in [0.25, 0.3) is 5.91 Å². The molecule has 6 heteroatoms. The highest BCUT2D eigenvalue weighted by Crippen LogP contribution is 2.19. The van der Waals surface area contributed by atoms with E-state index in [2.05, 4.69) is 20.6 Å². The molecule has 1 aromatic carbocycles. The lowest BCUT2D eigenvalue weighted by atomic mass is 10.1. The molecular weight excluding hydrogens is 295 g/mol. The number of anilines is 1. The van der Waals surface area contributed by atoms with E-state index < -0.39 is 0 Å². The van der Waals surface area contributed by atoms with Crippen molar-refractivity contribution in [2.24, 2.45) is 0 Å². The Labute approximate surface area is 134 Å². The van der Waals surface area contributed by atoms with Crippen LogP contribution in [0.1, 0.15) is 34.7 Å². The minimum Gasteiger partial charge on any atom is -0.370 e. The zero-order chi connectivity index (χ0) is 16.2. The van der Waals surface area contributed by atoms with Gasteiger partial charge >= 0.3 is 0 Å². The first kappa shape index (κ1) is 15.4. The summed E-state index contributed by atoms with van der Waals surface area (Å²) < 4.78 is 13.6. The molecule has 5 nitrogen and oxygen atoms in total. The van der Waals surface area contributed by atoms with Crippen LogP contribution in [0.15, 0.2) is 30.3 Å². The van der Waals surface area contributed by atoms with Gasteiger partial charge in [-0.05, 0) is 37.8 Å². The summed E-state index contributed by atoms with van der Waals surface area (Å²) in [5, 5.41) is 6.04. The van der Waals surface area contributed by atoms with Crippen LogP contribution >= 0.6 is 0 Å². The van der Waals surface area contributed by atoms with Crippen LogP contribution in [-0.4, -0.2) is 28.5 Å². The summed E-state index contributed by atoms with van der Waals surface area (Å²) in [6.45, 7) is 2.27. The van der Waals surface area contributed by atoms with E-state index in [0.717, 1.165) is 12.8 Å². The summed E-state index contributed by atoms with van der Waals surface area (Å²) in [6.07, 6.45) is 2.60. The fourth-order valence-electron chi connectivity index (χ4n) is 2.29. The van der Waals surface area contributed by atoms with Gasteiger partial charge in [0.05, 0.1) is 0 Å². The SMILES string of the molecule is Cc1nc(NCCc2ccccc2F)cc(C(=O)NC2CC2)n1. The topological polar surface area (TPSA) is 66.9 Å².